The summed E-state index contributed by atoms with van der Waals surface area (Å²) in [6, 6.07) is 9.45. The van der Waals surface area contributed by atoms with E-state index < -0.39 is 11.0 Å². The molecule has 0 saturated carbocycles. The number of alkyl halides is 1. The Kier molecular flexibility index (Phi) is 3.84. The molecule has 1 N–H and O–H groups in total. The molecule has 1 aromatic rings. The highest BCUT2D eigenvalue weighted by atomic mass is 35.5. The fourth-order valence-corrected chi connectivity index (χ4v) is 1.72. The molecule has 0 aromatic heterocycles. The zero-order chi connectivity index (χ0) is 13.0. The van der Waals surface area contributed by atoms with Crippen LogP contribution in [-0.4, -0.2) is 16.1 Å². The summed E-state index contributed by atoms with van der Waals surface area (Å²) < 4.78 is 5.17. The second-order valence-corrected chi connectivity index (χ2v) is 4.67. The van der Waals surface area contributed by atoms with Crippen molar-refractivity contribution >= 4 is 17.6 Å². The molecule has 0 radical (unpaired) electrons. The van der Waals surface area contributed by atoms with Crippen molar-refractivity contribution in [2.75, 3.05) is 0 Å². The monoisotopic (exact) mass is 264 g/mol. The predicted molar refractivity (Wildman–Crippen MR) is 68.8 cm³/mol. The highest BCUT2D eigenvalue weighted by molar-refractivity contribution is 6.25. The first kappa shape index (κ1) is 12.9. The van der Waals surface area contributed by atoms with E-state index in [-0.39, 0.29) is 12.6 Å². The summed E-state index contributed by atoms with van der Waals surface area (Å²) >= 11 is 5.64. The number of ether oxygens (including phenoxy) is 1. The van der Waals surface area contributed by atoms with Crippen LogP contribution in [-0.2, 0) is 16.1 Å². The molecule has 0 spiro atoms. The molecule has 3 nitrogen and oxygen atoms in total. The third kappa shape index (κ3) is 3.45. The summed E-state index contributed by atoms with van der Waals surface area (Å²) in [4.78, 5) is 11.7. The third-order valence-corrected chi connectivity index (χ3v) is 2.82. The van der Waals surface area contributed by atoms with Crippen LogP contribution in [0.4, 0.5) is 0 Å². The van der Waals surface area contributed by atoms with Crippen molar-refractivity contribution in [3.05, 3.63) is 60.2 Å². The van der Waals surface area contributed by atoms with E-state index in [1.165, 1.54) is 24.3 Å². The van der Waals surface area contributed by atoms with Gasteiger partial charge in [-0.15, -0.1) is 0 Å². The first-order chi connectivity index (χ1) is 8.57. The SMILES string of the molecule is O=C(OCc1ccccc1)C1C=CC(O)(Cl)C=C1. The summed E-state index contributed by atoms with van der Waals surface area (Å²) in [5.74, 6) is -0.855. The molecule has 0 atom stereocenters. The quantitative estimate of drug-likeness (QED) is 0.518. The standard InChI is InChI=1S/C14H13ClO3/c15-14(17)8-6-12(7-9-14)13(16)18-10-11-4-2-1-3-5-11/h1-9,12,17H,10H2. The number of aliphatic hydroxyl groups is 1. The van der Waals surface area contributed by atoms with Crippen LogP contribution in [0.1, 0.15) is 5.56 Å². The summed E-state index contributed by atoms with van der Waals surface area (Å²) in [5.41, 5.74) is 0.934. The zero-order valence-corrected chi connectivity index (χ0v) is 10.4. The van der Waals surface area contributed by atoms with Gasteiger partial charge < -0.3 is 9.84 Å². The second-order valence-electron chi connectivity index (χ2n) is 4.06. The van der Waals surface area contributed by atoms with Crippen LogP contribution in [0.25, 0.3) is 0 Å². The Labute approximate surface area is 110 Å². The van der Waals surface area contributed by atoms with E-state index >= 15 is 0 Å². The Morgan fingerprint density at radius 3 is 2.50 bits per heavy atom. The molecule has 1 aromatic carbocycles. The number of hydrogen-bond acceptors (Lipinski definition) is 3. The Bertz CT molecular complexity index is 461. The Balaban J connectivity index is 1.89. The molecule has 0 unspecified atom stereocenters. The van der Waals surface area contributed by atoms with Gasteiger partial charge in [0.2, 0.25) is 0 Å². The van der Waals surface area contributed by atoms with Crippen molar-refractivity contribution in [2.24, 2.45) is 5.92 Å². The lowest BCUT2D eigenvalue weighted by molar-refractivity contribution is -0.146. The summed E-state index contributed by atoms with van der Waals surface area (Å²) in [5, 5.41) is 7.93. The zero-order valence-electron chi connectivity index (χ0n) is 9.62. The summed E-state index contributed by atoms with van der Waals surface area (Å²) in [6.45, 7) is 0.239. The molecule has 0 bridgehead atoms. The van der Waals surface area contributed by atoms with Gasteiger partial charge in [-0.25, -0.2) is 0 Å². The van der Waals surface area contributed by atoms with Gasteiger partial charge in [0.25, 0.3) is 0 Å². The van der Waals surface area contributed by atoms with Crippen LogP contribution in [0.2, 0.25) is 0 Å². The molecule has 94 valence electrons. The fraction of sp³-hybridized carbons (Fsp3) is 0.214. The van der Waals surface area contributed by atoms with Gasteiger partial charge in [0.1, 0.15) is 6.61 Å². The van der Waals surface area contributed by atoms with E-state index in [0.29, 0.717) is 0 Å². The summed E-state index contributed by atoms with van der Waals surface area (Å²) in [7, 11) is 0. The molecule has 1 aliphatic carbocycles. The third-order valence-electron chi connectivity index (χ3n) is 2.57. The Morgan fingerprint density at radius 1 is 1.28 bits per heavy atom. The molecule has 0 saturated heterocycles. The van der Waals surface area contributed by atoms with Crippen molar-refractivity contribution in [3.8, 4) is 0 Å². The maximum Gasteiger partial charge on any atom is 0.317 e. The molecule has 0 aliphatic heterocycles. The second kappa shape index (κ2) is 5.38. The van der Waals surface area contributed by atoms with Crippen LogP contribution in [0.5, 0.6) is 0 Å². The van der Waals surface area contributed by atoms with Gasteiger partial charge in [-0.1, -0.05) is 54.1 Å². The normalized spacial score (nSPS) is 26.0. The molecule has 1 aliphatic rings. The smallest absolute Gasteiger partial charge is 0.317 e. The van der Waals surface area contributed by atoms with E-state index in [1.807, 2.05) is 30.3 Å². The van der Waals surface area contributed by atoms with Gasteiger partial charge in [-0.3, -0.25) is 4.79 Å². The molecule has 4 heteroatoms. The maximum absolute atomic E-state index is 11.7. The van der Waals surface area contributed by atoms with E-state index in [0.717, 1.165) is 5.56 Å². The minimum absolute atomic E-state index is 0.239. The minimum Gasteiger partial charge on any atom is -0.460 e. The van der Waals surface area contributed by atoms with Crippen LogP contribution in [0, 0.1) is 5.92 Å². The van der Waals surface area contributed by atoms with Crippen LogP contribution in [0.3, 0.4) is 0 Å². The molecular weight excluding hydrogens is 252 g/mol. The van der Waals surface area contributed by atoms with Crippen molar-refractivity contribution in [2.45, 2.75) is 11.7 Å². The fourth-order valence-electron chi connectivity index (χ4n) is 1.58. The summed E-state index contributed by atoms with van der Waals surface area (Å²) in [6.07, 6.45) is 5.78. The predicted octanol–water partition coefficient (Wildman–Crippen LogP) is 2.40. The lowest BCUT2D eigenvalue weighted by Gasteiger charge is -2.18. The molecule has 0 fully saturated rings. The van der Waals surface area contributed by atoms with Crippen LogP contribution < -0.4 is 0 Å². The van der Waals surface area contributed by atoms with Crippen molar-refractivity contribution < 1.29 is 14.6 Å². The lowest BCUT2D eigenvalue weighted by atomic mass is 10.0. The Morgan fingerprint density at radius 2 is 1.89 bits per heavy atom. The van der Waals surface area contributed by atoms with E-state index in [9.17, 15) is 9.90 Å². The first-order valence-corrected chi connectivity index (χ1v) is 5.95. The number of carbonyl (C=O) groups is 1. The number of hydrogen-bond donors (Lipinski definition) is 1. The maximum atomic E-state index is 11.7. The van der Waals surface area contributed by atoms with Crippen LogP contribution >= 0.6 is 11.6 Å². The van der Waals surface area contributed by atoms with Gasteiger partial charge in [0.05, 0.1) is 5.92 Å². The van der Waals surface area contributed by atoms with Gasteiger partial charge in [-0.05, 0) is 17.7 Å². The highest BCUT2D eigenvalue weighted by Gasteiger charge is 2.24. The molecule has 18 heavy (non-hydrogen) atoms. The molecule has 0 amide bonds. The van der Waals surface area contributed by atoms with Gasteiger partial charge in [-0.2, -0.15) is 0 Å². The molecule has 2 rings (SSSR count). The number of benzene rings is 1. The number of esters is 1. The topological polar surface area (TPSA) is 46.5 Å². The minimum atomic E-state index is -1.49. The van der Waals surface area contributed by atoms with Crippen molar-refractivity contribution in [1.29, 1.82) is 0 Å². The van der Waals surface area contributed by atoms with E-state index in [1.54, 1.807) is 0 Å². The van der Waals surface area contributed by atoms with Crippen molar-refractivity contribution in [1.82, 2.24) is 0 Å². The number of halogens is 1. The average molecular weight is 265 g/mol. The Hall–Kier alpha value is -1.58. The largest absolute Gasteiger partial charge is 0.460 e. The first-order valence-electron chi connectivity index (χ1n) is 5.57. The highest BCUT2D eigenvalue weighted by Crippen LogP contribution is 2.23. The lowest BCUT2D eigenvalue weighted by Crippen LogP contribution is -2.22. The van der Waals surface area contributed by atoms with Gasteiger partial charge in [0.15, 0.2) is 5.06 Å². The molecular formula is C14H13ClO3. The van der Waals surface area contributed by atoms with Crippen molar-refractivity contribution in [3.63, 3.8) is 0 Å². The molecule has 0 heterocycles. The van der Waals surface area contributed by atoms with Gasteiger partial charge >= 0.3 is 5.97 Å². The number of rotatable bonds is 3. The number of carbonyl (C=O) groups excluding carboxylic acids is 1. The van der Waals surface area contributed by atoms with E-state index in [4.69, 9.17) is 16.3 Å². The average Bonchev–Trinajstić information content (AvgIpc) is 2.37. The van der Waals surface area contributed by atoms with E-state index in [2.05, 4.69) is 0 Å². The van der Waals surface area contributed by atoms with Gasteiger partial charge in [0, 0.05) is 0 Å². The van der Waals surface area contributed by atoms with Crippen LogP contribution in [0.15, 0.2) is 54.6 Å².